The Morgan fingerprint density at radius 1 is 1.13 bits per heavy atom. The highest BCUT2D eigenvalue weighted by Crippen LogP contribution is 2.27. The van der Waals surface area contributed by atoms with Crippen molar-refractivity contribution in [3.8, 4) is 5.75 Å². The van der Waals surface area contributed by atoms with Gasteiger partial charge in [0.2, 0.25) is 15.9 Å². The van der Waals surface area contributed by atoms with Crippen LogP contribution in [-0.2, 0) is 21.2 Å². The summed E-state index contributed by atoms with van der Waals surface area (Å²) in [6.07, 6.45) is 5.37. The number of benzene rings is 2. The highest BCUT2D eigenvalue weighted by Gasteiger charge is 2.30. The fourth-order valence-corrected chi connectivity index (χ4v) is 5.32. The summed E-state index contributed by atoms with van der Waals surface area (Å²) in [7, 11) is -2.66. The highest BCUT2D eigenvalue weighted by atomic mass is 35.5. The van der Waals surface area contributed by atoms with E-state index in [0.717, 1.165) is 31.2 Å². The zero-order valence-corrected chi connectivity index (χ0v) is 18.5. The molecule has 1 saturated carbocycles. The Labute approximate surface area is 183 Å². The van der Waals surface area contributed by atoms with Crippen molar-refractivity contribution in [2.24, 2.45) is 0 Å². The number of halogens is 1. The van der Waals surface area contributed by atoms with E-state index in [4.69, 9.17) is 16.3 Å². The number of hydrogen-bond donors (Lipinski definition) is 2. The minimum atomic E-state index is -4.05. The molecule has 0 saturated heterocycles. The first kappa shape index (κ1) is 22.6. The van der Waals surface area contributed by atoms with E-state index in [-0.39, 0.29) is 34.0 Å². The van der Waals surface area contributed by atoms with E-state index in [9.17, 15) is 13.2 Å². The molecule has 0 heterocycles. The van der Waals surface area contributed by atoms with Crippen LogP contribution in [0.1, 0.15) is 37.7 Å². The fourth-order valence-electron chi connectivity index (χ4n) is 3.70. The second kappa shape index (κ2) is 10.3. The molecule has 0 radical (unpaired) electrons. The van der Waals surface area contributed by atoms with Gasteiger partial charge in [-0.15, -0.1) is 0 Å². The van der Waals surface area contributed by atoms with Gasteiger partial charge in [0.1, 0.15) is 16.7 Å². The standard InChI is InChI=1S/C22H27ClN2O4S/c1-29-20-13-12-17(23)15-21(20)30(27,28)25-19(14-16-8-4-2-5-9-16)22(26)24-18-10-6-3-7-11-18/h2,4-5,8-9,12-13,15,18-19,25H,3,6-7,10-11,14H2,1H3,(H,24,26)/t19-/m1/s1. The van der Waals surface area contributed by atoms with Crippen LogP contribution in [0, 0.1) is 0 Å². The highest BCUT2D eigenvalue weighted by molar-refractivity contribution is 7.89. The summed E-state index contributed by atoms with van der Waals surface area (Å²) in [4.78, 5) is 13.0. The molecule has 1 amide bonds. The van der Waals surface area contributed by atoms with Crippen LogP contribution in [0.4, 0.5) is 0 Å². The molecule has 0 spiro atoms. The third kappa shape index (κ3) is 5.97. The molecule has 30 heavy (non-hydrogen) atoms. The van der Waals surface area contributed by atoms with Crippen molar-refractivity contribution < 1.29 is 17.9 Å². The average Bonchev–Trinajstić information content (AvgIpc) is 2.74. The van der Waals surface area contributed by atoms with Gasteiger partial charge < -0.3 is 10.1 Å². The SMILES string of the molecule is COc1ccc(Cl)cc1S(=O)(=O)N[C@H](Cc1ccccc1)C(=O)NC1CCCCC1. The topological polar surface area (TPSA) is 84.5 Å². The van der Waals surface area contributed by atoms with Gasteiger partial charge in [-0.25, -0.2) is 8.42 Å². The molecule has 1 fully saturated rings. The van der Waals surface area contributed by atoms with Crippen LogP contribution in [0.15, 0.2) is 53.4 Å². The quantitative estimate of drug-likeness (QED) is 0.642. The molecule has 1 atom stereocenters. The van der Waals surface area contributed by atoms with Crippen LogP contribution in [0.2, 0.25) is 5.02 Å². The van der Waals surface area contributed by atoms with Crippen LogP contribution in [0.25, 0.3) is 0 Å². The van der Waals surface area contributed by atoms with Crippen molar-refractivity contribution in [2.75, 3.05) is 7.11 Å². The lowest BCUT2D eigenvalue weighted by atomic mass is 9.95. The Hall–Kier alpha value is -2.09. The van der Waals surface area contributed by atoms with Gasteiger partial charge in [-0.3, -0.25) is 4.79 Å². The van der Waals surface area contributed by atoms with Crippen molar-refractivity contribution in [3.63, 3.8) is 0 Å². The van der Waals surface area contributed by atoms with Gasteiger partial charge >= 0.3 is 0 Å². The maximum Gasteiger partial charge on any atom is 0.245 e. The van der Waals surface area contributed by atoms with E-state index in [1.54, 1.807) is 6.07 Å². The molecular weight excluding hydrogens is 424 g/mol. The minimum absolute atomic E-state index is 0.0785. The molecule has 2 aromatic rings. The van der Waals surface area contributed by atoms with Gasteiger partial charge in [0.15, 0.2) is 0 Å². The van der Waals surface area contributed by atoms with E-state index in [0.29, 0.717) is 0 Å². The Bertz CT molecular complexity index is 960. The Morgan fingerprint density at radius 2 is 1.83 bits per heavy atom. The van der Waals surface area contributed by atoms with Crippen molar-refractivity contribution in [3.05, 3.63) is 59.1 Å². The second-order valence-electron chi connectivity index (χ2n) is 7.50. The number of rotatable bonds is 8. The number of nitrogens with one attached hydrogen (secondary N) is 2. The largest absolute Gasteiger partial charge is 0.495 e. The van der Waals surface area contributed by atoms with E-state index in [1.807, 2.05) is 30.3 Å². The summed E-state index contributed by atoms with van der Waals surface area (Å²) >= 11 is 6.01. The van der Waals surface area contributed by atoms with Crippen molar-refractivity contribution >= 4 is 27.5 Å². The lowest BCUT2D eigenvalue weighted by Crippen LogP contribution is -2.51. The molecule has 162 valence electrons. The summed E-state index contributed by atoms with van der Waals surface area (Å²) in [5.41, 5.74) is 0.863. The third-order valence-electron chi connectivity index (χ3n) is 5.26. The monoisotopic (exact) mass is 450 g/mol. The van der Waals surface area contributed by atoms with Crippen LogP contribution < -0.4 is 14.8 Å². The van der Waals surface area contributed by atoms with E-state index in [1.165, 1.54) is 25.7 Å². The molecule has 3 rings (SSSR count). The number of hydrogen-bond acceptors (Lipinski definition) is 4. The third-order valence-corrected chi connectivity index (χ3v) is 6.99. The normalized spacial score (nSPS) is 16.1. The van der Waals surface area contributed by atoms with E-state index in [2.05, 4.69) is 10.0 Å². The minimum Gasteiger partial charge on any atom is -0.495 e. The summed E-state index contributed by atoms with van der Waals surface area (Å²) in [5, 5.41) is 3.30. The number of sulfonamides is 1. The molecular formula is C22H27ClN2O4S. The zero-order chi connectivity index (χ0) is 21.6. The lowest BCUT2D eigenvalue weighted by molar-refractivity contribution is -0.123. The molecule has 1 aliphatic rings. The second-order valence-corrected chi connectivity index (χ2v) is 9.62. The Morgan fingerprint density at radius 3 is 2.50 bits per heavy atom. The van der Waals surface area contributed by atoms with E-state index < -0.39 is 16.1 Å². The van der Waals surface area contributed by atoms with Gasteiger partial charge in [0.05, 0.1) is 7.11 Å². The summed E-state index contributed by atoms with van der Waals surface area (Å²) < 4.78 is 34.0. The molecule has 0 unspecified atom stereocenters. The van der Waals surface area contributed by atoms with Gasteiger partial charge in [-0.1, -0.05) is 61.2 Å². The van der Waals surface area contributed by atoms with Gasteiger partial charge in [0, 0.05) is 11.1 Å². The maximum absolute atomic E-state index is 13.1. The van der Waals surface area contributed by atoms with Crippen LogP contribution in [-0.4, -0.2) is 33.5 Å². The first-order valence-corrected chi connectivity index (χ1v) is 12.0. The maximum atomic E-state index is 13.1. The van der Waals surface area contributed by atoms with Gasteiger partial charge in [-0.2, -0.15) is 4.72 Å². The number of carbonyl (C=O) groups is 1. The predicted molar refractivity (Wildman–Crippen MR) is 117 cm³/mol. The summed E-state index contributed by atoms with van der Waals surface area (Å²) in [6, 6.07) is 12.8. The number of ether oxygens (including phenoxy) is 1. The first-order valence-electron chi connectivity index (χ1n) is 10.1. The fraction of sp³-hybridized carbons (Fsp3) is 0.409. The van der Waals surface area contributed by atoms with Gasteiger partial charge in [-0.05, 0) is 43.0 Å². The average molecular weight is 451 g/mol. The molecule has 2 aromatic carbocycles. The molecule has 8 heteroatoms. The first-order chi connectivity index (χ1) is 14.4. The lowest BCUT2D eigenvalue weighted by Gasteiger charge is -2.26. The molecule has 0 aromatic heterocycles. The summed E-state index contributed by atoms with van der Waals surface area (Å²) in [5.74, 6) is -0.159. The van der Waals surface area contributed by atoms with Crippen LogP contribution >= 0.6 is 11.6 Å². The van der Waals surface area contributed by atoms with Crippen LogP contribution in [0.5, 0.6) is 5.75 Å². The van der Waals surface area contributed by atoms with Gasteiger partial charge in [0.25, 0.3) is 0 Å². The van der Waals surface area contributed by atoms with Crippen molar-refractivity contribution in [1.29, 1.82) is 0 Å². The van der Waals surface area contributed by atoms with Crippen LogP contribution in [0.3, 0.4) is 0 Å². The zero-order valence-electron chi connectivity index (χ0n) is 16.9. The molecule has 6 nitrogen and oxygen atoms in total. The van der Waals surface area contributed by atoms with Crippen molar-refractivity contribution in [2.45, 2.75) is 55.5 Å². The molecule has 0 bridgehead atoms. The smallest absolute Gasteiger partial charge is 0.245 e. The number of amides is 1. The molecule has 0 aliphatic heterocycles. The molecule has 2 N–H and O–H groups in total. The Kier molecular flexibility index (Phi) is 7.75. The number of methoxy groups -OCH3 is 1. The van der Waals surface area contributed by atoms with Crippen molar-refractivity contribution in [1.82, 2.24) is 10.0 Å². The molecule has 1 aliphatic carbocycles. The predicted octanol–water partition coefficient (Wildman–Crippen LogP) is 3.69. The number of carbonyl (C=O) groups excluding carboxylic acids is 1. The Balaban J connectivity index is 1.85. The summed E-state index contributed by atoms with van der Waals surface area (Å²) in [6.45, 7) is 0. The van der Waals surface area contributed by atoms with E-state index >= 15 is 0 Å².